The second kappa shape index (κ2) is 10.1. The van der Waals surface area contributed by atoms with Crippen molar-refractivity contribution in [3.63, 3.8) is 0 Å². The summed E-state index contributed by atoms with van der Waals surface area (Å²) in [6, 6.07) is 59.6. The van der Waals surface area contributed by atoms with Gasteiger partial charge in [0, 0.05) is 31.9 Å². The minimum atomic E-state index is 1.17. The second-order valence-electron chi connectivity index (χ2n) is 11.4. The lowest BCUT2D eigenvalue weighted by atomic mass is 9.93. The van der Waals surface area contributed by atoms with E-state index in [-0.39, 0.29) is 0 Å². The highest BCUT2D eigenvalue weighted by Crippen LogP contribution is 2.43. The van der Waals surface area contributed by atoms with E-state index in [4.69, 9.17) is 0 Å². The second-order valence-corrected chi connectivity index (χ2v) is 12.4. The maximum Gasteiger partial charge on any atom is 0.0719 e. The smallest absolute Gasteiger partial charge is 0.0719 e. The summed E-state index contributed by atoms with van der Waals surface area (Å²) < 4.78 is 5.13. The monoisotopic (exact) mass is 577 g/mol. The van der Waals surface area contributed by atoms with Gasteiger partial charge in [0.05, 0.1) is 15.7 Å². The molecule has 206 valence electrons. The van der Waals surface area contributed by atoms with E-state index < -0.39 is 0 Å². The molecule has 0 N–H and O–H groups in total. The topological polar surface area (TPSA) is 4.93 Å². The highest BCUT2D eigenvalue weighted by molar-refractivity contribution is 7.26. The van der Waals surface area contributed by atoms with Crippen molar-refractivity contribution in [2.45, 2.75) is 0 Å². The average molecular weight is 578 g/mol. The number of hydrogen-bond acceptors (Lipinski definition) is 1. The van der Waals surface area contributed by atoms with E-state index in [0.717, 1.165) is 0 Å². The number of benzene rings is 7. The van der Waals surface area contributed by atoms with Crippen LogP contribution in [0.5, 0.6) is 0 Å². The molecule has 0 unspecified atom stereocenters. The van der Waals surface area contributed by atoms with Gasteiger partial charge in [0.1, 0.15) is 0 Å². The zero-order valence-electron chi connectivity index (χ0n) is 23.9. The number of hydrogen-bond donors (Lipinski definition) is 0. The maximum atomic E-state index is 2.46. The van der Waals surface area contributed by atoms with Crippen molar-refractivity contribution in [1.82, 2.24) is 4.57 Å². The van der Waals surface area contributed by atoms with Gasteiger partial charge < -0.3 is 4.57 Å². The quantitative estimate of drug-likeness (QED) is 0.196. The van der Waals surface area contributed by atoms with Gasteiger partial charge in [-0.3, -0.25) is 0 Å². The first-order valence-electron chi connectivity index (χ1n) is 15.0. The summed E-state index contributed by atoms with van der Waals surface area (Å²) in [6.45, 7) is 0. The summed E-state index contributed by atoms with van der Waals surface area (Å²) in [5.74, 6) is 0. The van der Waals surface area contributed by atoms with Crippen LogP contribution in [0.3, 0.4) is 0 Å². The largest absolute Gasteiger partial charge is 0.308 e. The highest BCUT2D eigenvalue weighted by atomic mass is 32.1. The molecule has 0 saturated heterocycles. The highest BCUT2D eigenvalue weighted by Gasteiger charge is 2.17. The number of nitrogens with zero attached hydrogens (tertiary/aromatic N) is 1. The predicted molar refractivity (Wildman–Crippen MR) is 190 cm³/mol. The predicted octanol–water partition coefficient (Wildman–Crippen LogP) is 12.2. The molecule has 0 spiro atoms. The molecule has 0 radical (unpaired) electrons. The Morgan fingerprint density at radius 3 is 1.55 bits per heavy atom. The van der Waals surface area contributed by atoms with Crippen LogP contribution in [0.15, 0.2) is 164 Å². The van der Waals surface area contributed by atoms with Crippen molar-refractivity contribution in [3.05, 3.63) is 164 Å². The van der Waals surface area contributed by atoms with Crippen molar-refractivity contribution in [2.24, 2.45) is 0 Å². The van der Waals surface area contributed by atoms with Gasteiger partial charge in [0.25, 0.3) is 0 Å². The first-order chi connectivity index (χ1) is 21.8. The number of thiophene rings is 1. The minimum absolute atomic E-state index is 1.17. The van der Waals surface area contributed by atoms with Crippen molar-refractivity contribution in [1.29, 1.82) is 0 Å². The number of rotatable bonds is 4. The molecule has 2 heteroatoms. The molecule has 1 nitrogen and oxygen atoms in total. The van der Waals surface area contributed by atoms with Gasteiger partial charge in [-0.15, -0.1) is 11.3 Å². The molecule has 9 rings (SSSR count). The summed E-state index contributed by atoms with van der Waals surface area (Å²) in [6.07, 6.45) is 0. The lowest BCUT2D eigenvalue weighted by Gasteiger charge is -2.13. The van der Waals surface area contributed by atoms with Gasteiger partial charge in [-0.1, -0.05) is 121 Å². The normalized spacial score (nSPS) is 11.6. The van der Waals surface area contributed by atoms with E-state index in [1.54, 1.807) is 0 Å². The fourth-order valence-electron chi connectivity index (χ4n) is 6.69. The van der Waals surface area contributed by atoms with E-state index in [9.17, 15) is 0 Å². The van der Waals surface area contributed by atoms with Crippen LogP contribution in [-0.4, -0.2) is 4.57 Å². The third kappa shape index (κ3) is 4.00. The lowest BCUT2D eigenvalue weighted by Crippen LogP contribution is -1.94. The molecule has 0 bridgehead atoms. The third-order valence-corrected chi connectivity index (χ3v) is 9.98. The van der Waals surface area contributed by atoms with E-state index in [1.165, 1.54) is 81.0 Å². The summed E-state index contributed by atoms with van der Waals surface area (Å²) >= 11 is 1.89. The van der Waals surface area contributed by atoms with Crippen LogP contribution in [0.2, 0.25) is 0 Å². The van der Waals surface area contributed by atoms with Crippen molar-refractivity contribution >= 4 is 53.3 Å². The van der Waals surface area contributed by atoms with Gasteiger partial charge in [-0.05, 0) is 75.8 Å². The molecule has 0 aliphatic heterocycles. The van der Waals surface area contributed by atoms with E-state index >= 15 is 0 Å². The number of fused-ring (bicyclic) bond motifs is 7. The Morgan fingerprint density at radius 1 is 0.364 bits per heavy atom. The van der Waals surface area contributed by atoms with Crippen LogP contribution in [0.4, 0.5) is 0 Å². The zero-order valence-corrected chi connectivity index (χ0v) is 24.8. The van der Waals surface area contributed by atoms with Crippen LogP contribution in [0.1, 0.15) is 0 Å². The van der Waals surface area contributed by atoms with Crippen LogP contribution in [0.25, 0.3) is 81.0 Å². The summed E-state index contributed by atoms with van der Waals surface area (Å²) in [7, 11) is 0. The molecular weight excluding hydrogens is 551 g/mol. The van der Waals surface area contributed by atoms with Crippen molar-refractivity contribution < 1.29 is 0 Å². The van der Waals surface area contributed by atoms with Gasteiger partial charge in [-0.2, -0.15) is 0 Å². The molecular formula is C42H27NS. The van der Waals surface area contributed by atoms with Crippen LogP contribution in [0, 0.1) is 0 Å². The molecule has 0 fully saturated rings. The fourth-order valence-corrected chi connectivity index (χ4v) is 7.93. The third-order valence-electron chi connectivity index (χ3n) is 8.79. The van der Waals surface area contributed by atoms with Gasteiger partial charge >= 0.3 is 0 Å². The Bertz CT molecular complexity index is 2410. The van der Waals surface area contributed by atoms with Crippen molar-refractivity contribution in [2.75, 3.05) is 0 Å². The zero-order chi connectivity index (χ0) is 29.0. The lowest BCUT2D eigenvalue weighted by molar-refractivity contribution is 1.19. The Balaban J connectivity index is 1.24. The number of aromatic nitrogens is 1. The molecule has 44 heavy (non-hydrogen) atoms. The van der Waals surface area contributed by atoms with Crippen LogP contribution >= 0.6 is 11.3 Å². The Hall–Kier alpha value is -5.44. The Labute approximate surface area is 259 Å². The summed E-state index contributed by atoms with van der Waals surface area (Å²) in [4.78, 5) is 0. The first-order valence-corrected chi connectivity index (χ1v) is 15.8. The fraction of sp³-hybridized carbons (Fsp3) is 0. The van der Waals surface area contributed by atoms with Crippen LogP contribution in [-0.2, 0) is 0 Å². The first kappa shape index (κ1) is 25.1. The Morgan fingerprint density at radius 2 is 0.886 bits per heavy atom. The van der Waals surface area contributed by atoms with E-state index in [2.05, 4.69) is 168 Å². The molecule has 0 aliphatic rings. The molecule has 0 atom stereocenters. The minimum Gasteiger partial charge on any atom is -0.308 e. The van der Waals surface area contributed by atoms with Gasteiger partial charge in [0.15, 0.2) is 0 Å². The van der Waals surface area contributed by atoms with Crippen molar-refractivity contribution in [3.8, 4) is 39.1 Å². The van der Waals surface area contributed by atoms with Gasteiger partial charge in [-0.25, -0.2) is 0 Å². The Kier molecular flexibility index (Phi) is 5.75. The molecule has 0 saturated carbocycles. The maximum absolute atomic E-state index is 2.46. The molecule has 9 aromatic rings. The van der Waals surface area contributed by atoms with E-state index in [0.29, 0.717) is 0 Å². The molecule has 2 heterocycles. The molecule has 2 aromatic heterocycles. The standard InChI is InChI=1S/C42H27NS/c1-3-11-28(12-4-1)31-25-32(29-13-5-2-6-14-29)27-33(26-31)30-19-21-34(22-20-30)43-39-17-9-7-15-35(39)37-23-24-38-36-16-8-10-18-40(36)44-42(38)41(37)43/h1-27H. The molecule has 0 aliphatic carbocycles. The number of para-hydroxylation sites is 1. The molecule has 7 aromatic carbocycles. The summed E-state index contributed by atoms with van der Waals surface area (Å²) in [5, 5.41) is 5.24. The molecule has 0 amide bonds. The average Bonchev–Trinajstić information content (AvgIpc) is 3.65. The summed E-state index contributed by atoms with van der Waals surface area (Å²) in [5.41, 5.74) is 11.0. The van der Waals surface area contributed by atoms with Crippen LogP contribution < -0.4 is 0 Å². The SMILES string of the molecule is c1ccc(-c2cc(-c3ccccc3)cc(-c3ccc(-n4c5ccccc5c5ccc6c7ccccc7sc6c54)cc3)c2)cc1. The van der Waals surface area contributed by atoms with Gasteiger partial charge in [0.2, 0.25) is 0 Å². The van der Waals surface area contributed by atoms with E-state index in [1.807, 2.05) is 11.3 Å².